The van der Waals surface area contributed by atoms with Gasteiger partial charge in [-0.3, -0.25) is 4.90 Å². The van der Waals surface area contributed by atoms with E-state index in [0.29, 0.717) is 23.9 Å². The Morgan fingerprint density at radius 3 is 2.64 bits per heavy atom. The van der Waals surface area contributed by atoms with Crippen LogP contribution in [0.5, 0.6) is 5.75 Å². The summed E-state index contributed by atoms with van der Waals surface area (Å²) in [6.45, 7) is 7.09. The normalized spacial score (nSPS) is 19.8. The number of nitrogens with zero attached hydrogens (tertiary/aromatic N) is 2. The number of ether oxygens (including phenoxy) is 1. The molecule has 0 aliphatic carbocycles. The van der Waals surface area contributed by atoms with Crippen molar-refractivity contribution in [3.05, 3.63) is 23.2 Å². The van der Waals surface area contributed by atoms with Crippen molar-refractivity contribution in [1.29, 1.82) is 0 Å². The summed E-state index contributed by atoms with van der Waals surface area (Å²) >= 11 is 5.96. The van der Waals surface area contributed by atoms with Crippen LogP contribution in [0.15, 0.2) is 23.1 Å². The fourth-order valence-corrected chi connectivity index (χ4v) is 4.87. The summed E-state index contributed by atoms with van der Waals surface area (Å²) in [7, 11) is -2.13. The summed E-state index contributed by atoms with van der Waals surface area (Å²) in [4.78, 5) is 2.44. The minimum atomic E-state index is -3.59. The lowest BCUT2D eigenvalue weighted by Gasteiger charge is -2.26. The van der Waals surface area contributed by atoms with Crippen LogP contribution in [0.2, 0.25) is 5.02 Å². The third kappa shape index (κ3) is 3.40. The van der Waals surface area contributed by atoms with E-state index in [9.17, 15) is 8.42 Å². The first-order valence-corrected chi connectivity index (χ1v) is 9.33. The highest BCUT2D eigenvalue weighted by molar-refractivity contribution is 7.89. The van der Waals surface area contributed by atoms with Crippen LogP contribution in [0.25, 0.3) is 0 Å². The highest BCUT2D eigenvalue weighted by Crippen LogP contribution is 2.31. The van der Waals surface area contributed by atoms with Gasteiger partial charge >= 0.3 is 0 Å². The summed E-state index contributed by atoms with van der Waals surface area (Å²) in [5, 5.41) is 0.388. The van der Waals surface area contributed by atoms with Crippen LogP contribution in [-0.4, -0.2) is 57.0 Å². The van der Waals surface area contributed by atoms with Gasteiger partial charge in [0.2, 0.25) is 10.0 Å². The predicted molar refractivity (Wildman–Crippen MR) is 88.1 cm³/mol. The first kappa shape index (κ1) is 17.5. The molecular weight excluding hydrogens is 324 g/mol. The van der Waals surface area contributed by atoms with Crippen LogP contribution in [-0.2, 0) is 10.0 Å². The number of hydrogen-bond donors (Lipinski definition) is 0. The van der Waals surface area contributed by atoms with Crippen molar-refractivity contribution < 1.29 is 13.2 Å². The summed E-state index contributed by atoms with van der Waals surface area (Å²) in [5.74, 6) is 0.329. The Bertz CT molecular complexity index is 617. The number of sulfonamides is 1. The largest absolute Gasteiger partial charge is 0.495 e. The van der Waals surface area contributed by atoms with Gasteiger partial charge in [-0.05, 0) is 37.7 Å². The second-order valence-electron chi connectivity index (χ2n) is 5.32. The molecule has 2 rings (SSSR count). The molecule has 124 valence electrons. The molecule has 1 unspecified atom stereocenters. The quantitative estimate of drug-likeness (QED) is 0.794. The van der Waals surface area contributed by atoms with Crippen molar-refractivity contribution in [2.45, 2.75) is 31.2 Å². The van der Waals surface area contributed by atoms with Crippen molar-refractivity contribution in [3.8, 4) is 5.75 Å². The van der Waals surface area contributed by atoms with Crippen LogP contribution in [0.1, 0.15) is 20.3 Å². The fourth-order valence-electron chi connectivity index (χ4n) is 2.96. The van der Waals surface area contributed by atoms with Crippen LogP contribution in [0.4, 0.5) is 0 Å². The molecule has 0 bridgehead atoms. The number of rotatable bonds is 6. The second kappa shape index (κ2) is 7.17. The number of methoxy groups -OCH3 is 1. The van der Waals surface area contributed by atoms with Gasteiger partial charge in [0.1, 0.15) is 10.6 Å². The van der Waals surface area contributed by atoms with E-state index in [4.69, 9.17) is 16.3 Å². The van der Waals surface area contributed by atoms with Gasteiger partial charge in [-0.2, -0.15) is 4.31 Å². The van der Waals surface area contributed by atoms with Gasteiger partial charge in [-0.15, -0.1) is 0 Å². The molecule has 0 aromatic heterocycles. The van der Waals surface area contributed by atoms with E-state index in [0.717, 1.165) is 19.5 Å². The van der Waals surface area contributed by atoms with E-state index in [1.807, 2.05) is 0 Å². The topological polar surface area (TPSA) is 49.9 Å². The van der Waals surface area contributed by atoms with Gasteiger partial charge in [-0.1, -0.05) is 25.4 Å². The van der Waals surface area contributed by atoms with E-state index in [2.05, 4.69) is 18.7 Å². The maximum Gasteiger partial charge on any atom is 0.246 e. The molecule has 1 atom stereocenters. The highest BCUT2D eigenvalue weighted by atomic mass is 35.5. The lowest BCUT2D eigenvalue weighted by molar-refractivity contribution is 0.224. The zero-order chi connectivity index (χ0) is 16.3. The molecule has 0 N–H and O–H groups in total. The molecule has 1 fully saturated rings. The lowest BCUT2D eigenvalue weighted by atomic mass is 10.2. The first-order valence-electron chi connectivity index (χ1n) is 7.51. The Morgan fingerprint density at radius 2 is 2.05 bits per heavy atom. The summed E-state index contributed by atoms with van der Waals surface area (Å²) < 4.78 is 32.5. The summed E-state index contributed by atoms with van der Waals surface area (Å²) in [5.41, 5.74) is 0. The number of halogens is 1. The molecule has 1 saturated heterocycles. The Hall–Kier alpha value is -0.820. The van der Waals surface area contributed by atoms with Crippen molar-refractivity contribution in [1.82, 2.24) is 9.21 Å². The third-order valence-electron chi connectivity index (χ3n) is 4.20. The van der Waals surface area contributed by atoms with Crippen molar-refractivity contribution in [2.24, 2.45) is 0 Å². The molecular formula is C15H23ClN2O3S. The van der Waals surface area contributed by atoms with Gasteiger partial charge in [0.25, 0.3) is 0 Å². The molecule has 1 aromatic carbocycles. The molecule has 1 aliphatic rings. The zero-order valence-corrected chi connectivity index (χ0v) is 14.8. The Morgan fingerprint density at radius 1 is 1.36 bits per heavy atom. The average molecular weight is 347 g/mol. The van der Waals surface area contributed by atoms with Gasteiger partial charge in [0.15, 0.2) is 0 Å². The highest BCUT2D eigenvalue weighted by Gasteiger charge is 2.36. The number of benzene rings is 1. The fraction of sp³-hybridized carbons (Fsp3) is 0.600. The van der Waals surface area contributed by atoms with Gasteiger partial charge in [0.05, 0.1) is 7.11 Å². The Kier molecular flexibility index (Phi) is 5.71. The first-order chi connectivity index (χ1) is 10.4. The maximum absolute atomic E-state index is 12.9. The van der Waals surface area contributed by atoms with Gasteiger partial charge in [-0.25, -0.2) is 8.42 Å². The maximum atomic E-state index is 12.9. The molecule has 0 radical (unpaired) electrons. The number of hydrogen-bond acceptors (Lipinski definition) is 4. The molecule has 22 heavy (non-hydrogen) atoms. The van der Waals surface area contributed by atoms with Crippen molar-refractivity contribution in [3.63, 3.8) is 0 Å². The minimum Gasteiger partial charge on any atom is -0.495 e. The van der Waals surface area contributed by atoms with Gasteiger partial charge < -0.3 is 4.74 Å². The SMILES string of the molecule is CCN(CC)C1CCN(S(=O)(=O)c2cc(Cl)ccc2OC)C1. The molecule has 1 heterocycles. The van der Waals surface area contributed by atoms with E-state index < -0.39 is 10.0 Å². The van der Waals surface area contributed by atoms with E-state index >= 15 is 0 Å². The smallest absolute Gasteiger partial charge is 0.246 e. The van der Waals surface area contributed by atoms with Crippen molar-refractivity contribution in [2.75, 3.05) is 33.3 Å². The zero-order valence-electron chi connectivity index (χ0n) is 13.3. The summed E-state index contributed by atoms with van der Waals surface area (Å²) in [6, 6.07) is 4.95. The Labute approximate surface area is 137 Å². The third-order valence-corrected chi connectivity index (χ3v) is 6.32. The second-order valence-corrected chi connectivity index (χ2v) is 7.66. The Balaban J connectivity index is 2.27. The van der Waals surface area contributed by atoms with E-state index in [-0.39, 0.29) is 10.9 Å². The van der Waals surface area contributed by atoms with Crippen LogP contribution in [0.3, 0.4) is 0 Å². The molecule has 5 nitrogen and oxygen atoms in total. The van der Waals surface area contributed by atoms with E-state index in [1.165, 1.54) is 17.5 Å². The van der Waals surface area contributed by atoms with Crippen LogP contribution < -0.4 is 4.74 Å². The molecule has 0 spiro atoms. The average Bonchev–Trinajstić information content (AvgIpc) is 2.99. The minimum absolute atomic E-state index is 0.141. The molecule has 0 saturated carbocycles. The lowest BCUT2D eigenvalue weighted by Crippen LogP contribution is -2.38. The van der Waals surface area contributed by atoms with Gasteiger partial charge in [0, 0.05) is 24.2 Å². The number of likely N-dealkylation sites (N-methyl/N-ethyl adjacent to an activating group) is 1. The van der Waals surface area contributed by atoms with E-state index in [1.54, 1.807) is 12.1 Å². The monoisotopic (exact) mass is 346 g/mol. The standard InChI is InChI=1S/C15H23ClN2O3S/c1-4-17(5-2)13-8-9-18(11-13)22(19,20)15-10-12(16)6-7-14(15)21-3/h6-7,10,13H,4-5,8-9,11H2,1-3H3. The van der Waals surface area contributed by atoms with Crippen molar-refractivity contribution >= 4 is 21.6 Å². The summed E-state index contributed by atoms with van der Waals surface area (Å²) in [6.07, 6.45) is 0.851. The van der Waals surface area contributed by atoms with Crippen LogP contribution >= 0.6 is 11.6 Å². The molecule has 7 heteroatoms. The molecule has 1 aromatic rings. The predicted octanol–water partition coefficient (Wildman–Crippen LogP) is 2.45. The molecule has 0 amide bonds. The molecule has 1 aliphatic heterocycles. The van der Waals surface area contributed by atoms with Crippen LogP contribution in [0, 0.1) is 0 Å².